The zero-order valence-corrected chi connectivity index (χ0v) is 12.8. The van der Waals surface area contributed by atoms with Gasteiger partial charge in [0.05, 0.1) is 0 Å². The van der Waals surface area contributed by atoms with Crippen molar-refractivity contribution in [2.24, 2.45) is 0 Å². The van der Waals surface area contributed by atoms with Gasteiger partial charge in [0.25, 0.3) is 0 Å². The third kappa shape index (κ3) is 2.48. The summed E-state index contributed by atoms with van der Waals surface area (Å²) >= 11 is 3.44. The summed E-state index contributed by atoms with van der Waals surface area (Å²) in [4.78, 5) is 0. The molecule has 1 aliphatic rings. The highest BCUT2D eigenvalue weighted by Crippen LogP contribution is 2.41. The van der Waals surface area contributed by atoms with E-state index in [1.807, 2.05) is 36.4 Å². The normalized spacial score (nSPS) is 16.7. The second-order valence-corrected chi connectivity index (χ2v) is 6.35. The Morgan fingerprint density at radius 1 is 1.10 bits per heavy atom. The molecule has 0 aromatic heterocycles. The SMILES string of the molecule is Nc1ccc(Br)cc1C(O)c1ccccc1C1CCC1. The minimum absolute atomic E-state index is 0.592. The Hall–Kier alpha value is -1.32. The average Bonchev–Trinajstić information content (AvgIpc) is 2.39. The molecule has 0 amide bonds. The smallest absolute Gasteiger partial charge is 0.106 e. The van der Waals surface area contributed by atoms with Gasteiger partial charge in [-0.15, -0.1) is 0 Å². The first-order chi connectivity index (χ1) is 9.66. The van der Waals surface area contributed by atoms with Gasteiger partial charge in [-0.05, 0) is 48.1 Å². The van der Waals surface area contributed by atoms with Crippen LogP contribution in [0.15, 0.2) is 46.9 Å². The third-order valence-electron chi connectivity index (χ3n) is 4.18. The number of halogens is 1. The third-order valence-corrected chi connectivity index (χ3v) is 4.67. The maximum atomic E-state index is 10.7. The van der Waals surface area contributed by atoms with Crippen molar-refractivity contribution < 1.29 is 5.11 Å². The molecule has 3 rings (SSSR count). The molecule has 0 bridgehead atoms. The quantitative estimate of drug-likeness (QED) is 0.820. The van der Waals surface area contributed by atoms with E-state index in [0.717, 1.165) is 15.6 Å². The van der Waals surface area contributed by atoms with E-state index < -0.39 is 6.10 Å². The number of anilines is 1. The molecule has 20 heavy (non-hydrogen) atoms. The molecule has 2 aromatic carbocycles. The van der Waals surface area contributed by atoms with Crippen LogP contribution >= 0.6 is 15.9 Å². The van der Waals surface area contributed by atoms with Crippen LogP contribution in [0.2, 0.25) is 0 Å². The molecule has 3 N–H and O–H groups in total. The molecule has 3 heteroatoms. The zero-order chi connectivity index (χ0) is 14.1. The number of hydrogen-bond donors (Lipinski definition) is 2. The van der Waals surface area contributed by atoms with E-state index >= 15 is 0 Å². The van der Waals surface area contributed by atoms with Crippen LogP contribution in [0.5, 0.6) is 0 Å². The lowest BCUT2D eigenvalue weighted by Crippen LogP contribution is -2.14. The minimum Gasteiger partial charge on any atom is -0.398 e. The summed E-state index contributed by atoms with van der Waals surface area (Å²) in [7, 11) is 0. The molecule has 1 atom stereocenters. The molecule has 1 fully saturated rings. The van der Waals surface area contributed by atoms with E-state index in [-0.39, 0.29) is 0 Å². The molecule has 0 heterocycles. The van der Waals surface area contributed by atoms with Gasteiger partial charge in [0.15, 0.2) is 0 Å². The summed E-state index contributed by atoms with van der Waals surface area (Å²) in [6.07, 6.45) is 3.06. The molecule has 0 aliphatic heterocycles. The van der Waals surface area contributed by atoms with E-state index in [1.54, 1.807) is 0 Å². The van der Waals surface area contributed by atoms with Crippen LogP contribution in [0, 0.1) is 0 Å². The van der Waals surface area contributed by atoms with Crippen LogP contribution in [-0.2, 0) is 0 Å². The number of nitrogens with two attached hydrogens (primary N) is 1. The van der Waals surface area contributed by atoms with Crippen LogP contribution in [0.4, 0.5) is 5.69 Å². The van der Waals surface area contributed by atoms with Crippen molar-refractivity contribution in [3.63, 3.8) is 0 Å². The lowest BCUT2D eigenvalue weighted by Gasteiger charge is -2.29. The Labute approximate surface area is 127 Å². The van der Waals surface area contributed by atoms with Crippen molar-refractivity contribution >= 4 is 21.6 Å². The summed E-state index contributed by atoms with van der Waals surface area (Å²) < 4.78 is 0.932. The standard InChI is InChI=1S/C17H18BrNO/c18-12-8-9-16(19)15(10-12)17(20)14-7-2-1-6-13(14)11-4-3-5-11/h1-2,6-11,17,20H,3-5,19H2. The van der Waals surface area contributed by atoms with Gasteiger partial charge in [-0.3, -0.25) is 0 Å². The number of nitrogen functional groups attached to an aromatic ring is 1. The Kier molecular flexibility index (Phi) is 3.81. The van der Waals surface area contributed by atoms with Crippen molar-refractivity contribution in [2.45, 2.75) is 31.3 Å². The number of rotatable bonds is 3. The molecule has 0 saturated heterocycles. The van der Waals surface area contributed by atoms with Crippen molar-refractivity contribution in [1.29, 1.82) is 0 Å². The van der Waals surface area contributed by atoms with Gasteiger partial charge < -0.3 is 10.8 Å². The Bertz CT molecular complexity index is 622. The molecule has 1 saturated carbocycles. The molecular weight excluding hydrogens is 314 g/mol. The number of benzene rings is 2. The highest BCUT2D eigenvalue weighted by molar-refractivity contribution is 9.10. The number of hydrogen-bond acceptors (Lipinski definition) is 2. The minimum atomic E-state index is -0.663. The van der Waals surface area contributed by atoms with E-state index in [9.17, 15) is 5.11 Å². The fourth-order valence-corrected chi connectivity index (χ4v) is 3.18. The zero-order valence-electron chi connectivity index (χ0n) is 11.2. The van der Waals surface area contributed by atoms with Crippen molar-refractivity contribution in [3.8, 4) is 0 Å². The lowest BCUT2D eigenvalue weighted by atomic mass is 9.77. The topological polar surface area (TPSA) is 46.2 Å². The predicted octanol–water partition coefficient (Wildman–Crippen LogP) is 4.38. The van der Waals surface area contributed by atoms with Gasteiger partial charge in [0.1, 0.15) is 6.10 Å². The molecule has 2 nitrogen and oxygen atoms in total. The van der Waals surface area contributed by atoms with Gasteiger partial charge in [0.2, 0.25) is 0 Å². The van der Waals surface area contributed by atoms with E-state index in [1.165, 1.54) is 24.8 Å². The van der Waals surface area contributed by atoms with Gasteiger partial charge in [-0.2, -0.15) is 0 Å². The fraction of sp³-hybridized carbons (Fsp3) is 0.294. The predicted molar refractivity (Wildman–Crippen MR) is 85.7 cm³/mol. The van der Waals surface area contributed by atoms with Crippen molar-refractivity contribution in [1.82, 2.24) is 0 Å². The summed E-state index contributed by atoms with van der Waals surface area (Å²) in [6.45, 7) is 0. The van der Waals surface area contributed by atoms with Crippen LogP contribution in [0.1, 0.15) is 48.0 Å². The van der Waals surface area contributed by atoms with E-state index in [0.29, 0.717) is 11.6 Å². The van der Waals surface area contributed by atoms with Crippen LogP contribution in [-0.4, -0.2) is 5.11 Å². The van der Waals surface area contributed by atoms with Crippen LogP contribution in [0.25, 0.3) is 0 Å². The van der Waals surface area contributed by atoms with Gasteiger partial charge >= 0.3 is 0 Å². The monoisotopic (exact) mass is 331 g/mol. The molecule has 0 radical (unpaired) electrons. The van der Waals surface area contributed by atoms with E-state index in [2.05, 4.69) is 22.0 Å². The fourth-order valence-electron chi connectivity index (χ4n) is 2.80. The Morgan fingerprint density at radius 2 is 1.85 bits per heavy atom. The summed E-state index contributed by atoms with van der Waals surface area (Å²) in [5.74, 6) is 0.592. The maximum Gasteiger partial charge on any atom is 0.106 e. The molecule has 2 aromatic rings. The Morgan fingerprint density at radius 3 is 2.55 bits per heavy atom. The average molecular weight is 332 g/mol. The second-order valence-electron chi connectivity index (χ2n) is 5.43. The summed E-state index contributed by atoms with van der Waals surface area (Å²) in [5, 5.41) is 10.7. The first-order valence-corrected chi connectivity index (χ1v) is 7.78. The summed E-state index contributed by atoms with van der Waals surface area (Å²) in [6, 6.07) is 13.8. The van der Waals surface area contributed by atoms with Crippen LogP contribution in [0.3, 0.4) is 0 Å². The highest BCUT2D eigenvalue weighted by Gasteiger charge is 2.25. The molecule has 104 valence electrons. The van der Waals surface area contributed by atoms with E-state index in [4.69, 9.17) is 5.73 Å². The van der Waals surface area contributed by atoms with Gasteiger partial charge in [-0.1, -0.05) is 46.6 Å². The molecule has 0 spiro atoms. The number of aliphatic hydroxyl groups excluding tert-OH is 1. The van der Waals surface area contributed by atoms with Crippen LogP contribution < -0.4 is 5.73 Å². The highest BCUT2D eigenvalue weighted by atomic mass is 79.9. The summed E-state index contributed by atoms with van der Waals surface area (Å²) in [5.41, 5.74) is 9.67. The van der Waals surface area contributed by atoms with Gasteiger partial charge in [-0.25, -0.2) is 0 Å². The molecule has 1 aliphatic carbocycles. The first kappa shape index (κ1) is 13.7. The Balaban J connectivity index is 2.01. The van der Waals surface area contributed by atoms with Crippen molar-refractivity contribution in [3.05, 3.63) is 63.6 Å². The van der Waals surface area contributed by atoms with Gasteiger partial charge in [0, 0.05) is 15.7 Å². The molecular formula is C17H18BrNO. The number of aliphatic hydroxyl groups is 1. The second kappa shape index (κ2) is 5.58. The first-order valence-electron chi connectivity index (χ1n) is 6.98. The van der Waals surface area contributed by atoms with Crippen molar-refractivity contribution in [2.75, 3.05) is 5.73 Å². The maximum absolute atomic E-state index is 10.7. The molecule has 1 unspecified atom stereocenters. The largest absolute Gasteiger partial charge is 0.398 e. The lowest BCUT2D eigenvalue weighted by molar-refractivity contribution is 0.217.